The number of hydrogen-bond donors (Lipinski definition) is 2. The minimum Gasteiger partial charge on any atom is -0.490 e. The number of halogens is 2. The molecule has 4 nitrogen and oxygen atoms in total. The summed E-state index contributed by atoms with van der Waals surface area (Å²) in [5.41, 5.74) is -1.02. The van der Waals surface area contributed by atoms with Gasteiger partial charge in [-0.1, -0.05) is 0 Å². The lowest BCUT2D eigenvalue weighted by molar-refractivity contribution is -0.145. The van der Waals surface area contributed by atoms with Crippen LogP contribution in [0, 0.1) is 11.6 Å². The van der Waals surface area contributed by atoms with E-state index in [1.54, 1.807) is 0 Å². The van der Waals surface area contributed by atoms with Crippen molar-refractivity contribution in [3.8, 4) is 5.75 Å². The topological polar surface area (TPSA) is 58.6 Å². The van der Waals surface area contributed by atoms with Gasteiger partial charge in [-0.15, -0.1) is 0 Å². The molecule has 0 heterocycles. The van der Waals surface area contributed by atoms with Crippen LogP contribution in [0.2, 0.25) is 0 Å². The summed E-state index contributed by atoms with van der Waals surface area (Å²) < 4.78 is 31.6. The molecule has 1 saturated carbocycles. The van der Waals surface area contributed by atoms with E-state index in [2.05, 4.69) is 5.32 Å². The molecule has 0 saturated heterocycles. The molecule has 0 aromatic heterocycles. The summed E-state index contributed by atoms with van der Waals surface area (Å²) in [6.45, 7) is 3.77. The van der Waals surface area contributed by atoms with Gasteiger partial charge in [-0.3, -0.25) is 10.1 Å². The second-order valence-corrected chi connectivity index (χ2v) is 5.74. The van der Waals surface area contributed by atoms with Crippen LogP contribution in [-0.4, -0.2) is 28.8 Å². The molecule has 1 aliphatic carbocycles. The van der Waals surface area contributed by atoms with Crippen LogP contribution in [0.1, 0.15) is 33.1 Å². The lowest BCUT2D eigenvalue weighted by atomic mass is 9.96. The van der Waals surface area contributed by atoms with Gasteiger partial charge in [-0.2, -0.15) is 0 Å². The molecule has 1 aliphatic rings. The van der Waals surface area contributed by atoms with E-state index in [4.69, 9.17) is 4.74 Å². The highest BCUT2D eigenvalue weighted by Crippen LogP contribution is 2.34. The Morgan fingerprint density at radius 2 is 2.14 bits per heavy atom. The molecule has 0 aliphatic heterocycles. The van der Waals surface area contributed by atoms with E-state index >= 15 is 0 Å². The van der Waals surface area contributed by atoms with Crippen molar-refractivity contribution in [2.75, 3.05) is 0 Å². The Morgan fingerprint density at radius 1 is 1.43 bits per heavy atom. The summed E-state index contributed by atoms with van der Waals surface area (Å²) in [4.78, 5) is 11.5. The second kappa shape index (κ2) is 5.97. The SMILES string of the molecule is CC(C)NC1(C(=O)O)CCC(Oc2ccc(F)c(F)c2)C1. The fraction of sp³-hybridized carbons (Fsp3) is 0.533. The first-order valence-electron chi connectivity index (χ1n) is 6.95. The Labute approximate surface area is 122 Å². The van der Waals surface area contributed by atoms with Gasteiger partial charge >= 0.3 is 5.97 Å². The minimum absolute atomic E-state index is 0.0307. The third kappa shape index (κ3) is 3.50. The van der Waals surface area contributed by atoms with E-state index in [1.807, 2.05) is 13.8 Å². The Morgan fingerprint density at radius 3 is 2.71 bits per heavy atom. The lowest BCUT2D eigenvalue weighted by Gasteiger charge is -2.28. The van der Waals surface area contributed by atoms with Crippen molar-refractivity contribution in [2.24, 2.45) is 0 Å². The number of carboxylic acids is 1. The number of rotatable bonds is 5. The fourth-order valence-corrected chi connectivity index (χ4v) is 2.78. The van der Waals surface area contributed by atoms with Gasteiger partial charge < -0.3 is 9.84 Å². The zero-order valence-corrected chi connectivity index (χ0v) is 12.0. The van der Waals surface area contributed by atoms with Crippen LogP contribution in [0.25, 0.3) is 0 Å². The van der Waals surface area contributed by atoms with Crippen molar-refractivity contribution in [1.82, 2.24) is 5.32 Å². The van der Waals surface area contributed by atoms with E-state index in [0.717, 1.165) is 12.1 Å². The Kier molecular flexibility index (Phi) is 4.46. The van der Waals surface area contributed by atoms with Crippen LogP contribution in [0.5, 0.6) is 5.75 Å². The predicted molar refractivity (Wildman–Crippen MR) is 73.3 cm³/mol. The van der Waals surface area contributed by atoms with Gasteiger partial charge in [-0.25, -0.2) is 8.78 Å². The molecular weight excluding hydrogens is 280 g/mol. The number of ether oxygens (including phenoxy) is 1. The molecule has 1 aromatic rings. The first kappa shape index (κ1) is 15.7. The van der Waals surface area contributed by atoms with E-state index in [1.165, 1.54) is 6.07 Å². The monoisotopic (exact) mass is 299 g/mol. The number of carboxylic acid groups (broad SMARTS) is 1. The second-order valence-electron chi connectivity index (χ2n) is 5.74. The number of benzene rings is 1. The predicted octanol–water partition coefficient (Wildman–Crippen LogP) is 2.72. The lowest BCUT2D eigenvalue weighted by Crippen LogP contribution is -2.53. The van der Waals surface area contributed by atoms with Gasteiger partial charge in [0.05, 0.1) is 0 Å². The van der Waals surface area contributed by atoms with Crippen LogP contribution in [0.3, 0.4) is 0 Å². The summed E-state index contributed by atoms with van der Waals surface area (Å²) in [5, 5.41) is 12.5. The number of hydrogen-bond acceptors (Lipinski definition) is 3. The van der Waals surface area contributed by atoms with Gasteiger partial charge in [0.15, 0.2) is 11.6 Å². The Hall–Kier alpha value is -1.69. The highest BCUT2D eigenvalue weighted by atomic mass is 19.2. The molecule has 2 rings (SSSR count). The Bertz CT molecular complexity index is 536. The molecule has 2 unspecified atom stereocenters. The van der Waals surface area contributed by atoms with E-state index in [-0.39, 0.29) is 17.9 Å². The maximum absolute atomic E-state index is 13.1. The van der Waals surface area contributed by atoms with Gasteiger partial charge in [0, 0.05) is 18.5 Å². The zero-order chi connectivity index (χ0) is 15.6. The Balaban J connectivity index is 2.06. The molecule has 21 heavy (non-hydrogen) atoms. The summed E-state index contributed by atoms with van der Waals surface area (Å²) in [5.74, 6) is -2.61. The molecular formula is C15H19F2NO3. The maximum Gasteiger partial charge on any atom is 0.324 e. The number of nitrogens with one attached hydrogen (secondary N) is 1. The van der Waals surface area contributed by atoms with E-state index < -0.39 is 23.1 Å². The van der Waals surface area contributed by atoms with Crippen molar-refractivity contribution in [2.45, 2.75) is 50.8 Å². The van der Waals surface area contributed by atoms with E-state index in [0.29, 0.717) is 19.3 Å². The first-order chi connectivity index (χ1) is 9.82. The molecule has 0 amide bonds. The molecule has 6 heteroatoms. The molecule has 116 valence electrons. The highest BCUT2D eigenvalue weighted by molar-refractivity contribution is 5.79. The molecule has 0 bridgehead atoms. The number of aliphatic carboxylic acids is 1. The normalized spacial score (nSPS) is 25.3. The van der Waals surface area contributed by atoms with Crippen molar-refractivity contribution in [3.63, 3.8) is 0 Å². The minimum atomic E-state index is -1.02. The van der Waals surface area contributed by atoms with Crippen molar-refractivity contribution >= 4 is 5.97 Å². The average molecular weight is 299 g/mol. The zero-order valence-electron chi connectivity index (χ0n) is 12.0. The third-order valence-corrected chi connectivity index (χ3v) is 3.64. The summed E-state index contributed by atoms with van der Waals surface area (Å²) >= 11 is 0. The molecule has 2 N–H and O–H groups in total. The van der Waals surface area contributed by atoms with Crippen LogP contribution in [-0.2, 0) is 4.79 Å². The molecule has 1 fully saturated rings. The maximum atomic E-state index is 13.1. The average Bonchev–Trinajstić information content (AvgIpc) is 2.77. The standard InChI is InChI=1S/C15H19F2NO3/c1-9(2)18-15(14(19)20)6-5-11(8-15)21-10-3-4-12(16)13(17)7-10/h3-4,7,9,11,18H,5-6,8H2,1-2H3,(H,19,20). The van der Waals surface area contributed by atoms with Crippen LogP contribution < -0.4 is 10.1 Å². The molecule has 2 atom stereocenters. The summed E-state index contributed by atoms with van der Waals surface area (Å²) in [6.07, 6.45) is 0.941. The number of carbonyl (C=O) groups is 1. The van der Waals surface area contributed by atoms with Gasteiger partial charge in [-0.05, 0) is 38.8 Å². The van der Waals surface area contributed by atoms with Crippen molar-refractivity contribution in [1.29, 1.82) is 0 Å². The van der Waals surface area contributed by atoms with Gasteiger partial charge in [0.2, 0.25) is 0 Å². The van der Waals surface area contributed by atoms with Crippen molar-refractivity contribution in [3.05, 3.63) is 29.8 Å². The summed E-state index contributed by atoms with van der Waals surface area (Å²) in [7, 11) is 0. The van der Waals surface area contributed by atoms with Crippen molar-refractivity contribution < 1.29 is 23.4 Å². The smallest absolute Gasteiger partial charge is 0.324 e. The van der Waals surface area contributed by atoms with Gasteiger partial charge in [0.25, 0.3) is 0 Å². The molecule has 1 aromatic carbocycles. The quantitative estimate of drug-likeness (QED) is 0.877. The molecule has 0 spiro atoms. The largest absolute Gasteiger partial charge is 0.490 e. The first-order valence-corrected chi connectivity index (χ1v) is 6.95. The van der Waals surface area contributed by atoms with Crippen LogP contribution in [0.4, 0.5) is 8.78 Å². The van der Waals surface area contributed by atoms with Crippen LogP contribution >= 0.6 is 0 Å². The fourth-order valence-electron chi connectivity index (χ4n) is 2.78. The third-order valence-electron chi connectivity index (χ3n) is 3.64. The van der Waals surface area contributed by atoms with Crippen LogP contribution in [0.15, 0.2) is 18.2 Å². The summed E-state index contributed by atoms with van der Waals surface area (Å²) in [6, 6.07) is 3.35. The molecule has 0 radical (unpaired) electrons. The van der Waals surface area contributed by atoms with E-state index in [9.17, 15) is 18.7 Å². The highest BCUT2D eigenvalue weighted by Gasteiger charge is 2.46. The van der Waals surface area contributed by atoms with Gasteiger partial charge in [0.1, 0.15) is 17.4 Å².